The van der Waals surface area contributed by atoms with Crippen LogP contribution in [0.1, 0.15) is 27.9 Å². The monoisotopic (exact) mass is 210 g/mol. The molecule has 1 aromatic heterocycles. The first-order valence-corrected chi connectivity index (χ1v) is 5.56. The Morgan fingerprint density at radius 3 is 2.79 bits per heavy atom. The zero-order valence-corrected chi connectivity index (χ0v) is 9.15. The van der Waals surface area contributed by atoms with Gasteiger partial charge >= 0.3 is 0 Å². The number of hydrogen-bond donors (Lipinski definition) is 2. The average Bonchev–Trinajstić information content (AvgIpc) is 2.68. The van der Waals surface area contributed by atoms with E-state index >= 15 is 0 Å². The van der Waals surface area contributed by atoms with Crippen molar-refractivity contribution < 1.29 is 4.79 Å². The second-order valence-corrected chi connectivity index (χ2v) is 5.17. The number of thiophene rings is 1. The molecule has 1 aromatic rings. The number of aryl methyl sites for hydroxylation is 1. The van der Waals surface area contributed by atoms with Gasteiger partial charge in [0.1, 0.15) is 0 Å². The third-order valence-corrected chi connectivity index (χ3v) is 3.67. The number of amides is 1. The zero-order valence-electron chi connectivity index (χ0n) is 8.33. The Hall–Kier alpha value is -1.03. The molecule has 1 fully saturated rings. The zero-order chi connectivity index (χ0) is 10.3. The molecule has 1 heterocycles. The summed E-state index contributed by atoms with van der Waals surface area (Å²) in [7, 11) is 0. The molecule has 0 spiro atoms. The molecule has 1 aliphatic rings. The van der Waals surface area contributed by atoms with Crippen LogP contribution < -0.4 is 11.1 Å². The quantitative estimate of drug-likeness (QED) is 0.781. The van der Waals surface area contributed by atoms with Crippen molar-refractivity contribution in [1.29, 1.82) is 0 Å². The molecule has 0 radical (unpaired) electrons. The largest absolute Gasteiger partial charge is 0.398 e. The van der Waals surface area contributed by atoms with Gasteiger partial charge in [0, 0.05) is 16.6 Å². The molecule has 4 heteroatoms. The molecule has 76 valence electrons. The molecule has 2 atom stereocenters. The van der Waals surface area contributed by atoms with E-state index in [2.05, 4.69) is 12.2 Å². The summed E-state index contributed by atoms with van der Waals surface area (Å²) in [5.41, 5.74) is 6.39. The summed E-state index contributed by atoms with van der Waals surface area (Å²) < 4.78 is 0. The minimum absolute atomic E-state index is 0.0177. The highest BCUT2D eigenvalue weighted by Crippen LogP contribution is 2.30. The predicted octanol–water partition coefficient (Wildman–Crippen LogP) is 1.78. The van der Waals surface area contributed by atoms with Crippen molar-refractivity contribution in [2.75, 3.05) is 5.73 Å². The highest BCUT2D eigenvalue weighted by Gasteiger charge is 2.34. The molecule has 0 bridgehead atoms. The van der Waals surface area contributed by atoms with Crippen LogP contribution in [0.25, 0.3) is 0 Å². The summed E-state index contributed by atoms with van der Waals surface area (Å²) >= 11 is 1.46. The molecule has 1 saturated carbocycles. The maximum atomic E-state index is 11.6. The van der Waals surface area contributed by atoms with Gasteiger partial charge in [-0.2, -0.15) is 0 Å². The number of nitrogen functional groups attached to an aromatic ring is 1. The fourth-order valence-electron chi connectivity index (χ4n) is 1.37. The Labute approximate surface area is 87.3 Å². The Kier molecular flexibility index (Phi) is 2.23. The van der Waals surface area contributed by atoms with Crippen molar-refractivity contribution in [2.45, 2.75) is 26.3 Å². The second-order valence-electron chi connectivity index (χ2n) is 3.92. The van der Waals surface area contributed by atoms with Crippen molar-refractivity contribution in [1.82, 2.24) is 5.32 Å². The van der Waals surface area contributed by atoms with Crippen LogP contribution in [0, 0.1) is 12.8 Å². The minimum atomic E-state index is 0.0177. The van der Waals surface area contributed by atoms with E-state index in [9.17, 15) is 4.79 Å². The van der Waals surface area contributed by atoms with Crippen molar-refractivity contribution in [3.05, 3.63) is 15.8 Å². The first kappa shape index (κ1) is 9.52. The molecule has 2 unspecified atom stereocenters. The lowest BCUT2D eigenvalue weighted by atomic mass is 10.3. The number of carbonyl (C=O) groups excluding carboxylic acids is 1. The third-order valence-electron chi connectivity index (χ3n) is 2.61. The van der Waals surface area contributed by atoms with Gasteiger partial charge in [-0.05, 0) is 25.3 Å². The van der Waals surface area contributed by atoms with Crippen molar-refractivity contribution in [3.8, 4) is 0 Å². The van der Waals surface area contributed by atoms with E-state index < -0.39 is 0 Å². The van der Waals surface area contributed by atoms with Gasteiger partial charge in [0.05, 0.1) is 4.88 Å². The van der Waals surface area contributed by atoms with Gasteiger partial charge in [-0.1, -0.05) is 6.92 Å². The van der Waals surface area contributed by atoms with Gasteiger partial charge < -0.3 is 11.1 Å². The number of nitrogens with one attached hydrogen (secondary N) is 1. The third kappa shape index (κ3) is 1.75. The minimum Gasteiger partial charge on any atom is -0.398 e. The Balaban J connectivity index is 2.04. The SMILES string of the molecule is Cc1sc(C(=O)NC2CC2C)cc1N. The molecule has 0 aliphatic heterocycles. The van der Waals surface area contributed by atoms with Crippen LogP contribution in [0.15, 0.2) is 6.07 Å². The van der Waals surface area contributed by atoms with Crippen LogP contribution >= 0.6 is 11.3 Å². The Morgan fingerprint density at radius 1 is 1.71 bits per heavy atom. The van der Waals surface area contributed by atoms with Gasteiger partial charge in [-0.25, -0.2) is 0 Å². The molecule has 0 saturated heterocycles. The van der Waals surface area contributed by atoms with Crippen molar-refractivity contribution >= 4 is 22.9 Å². The van der Waals surface area contributed by atoms with Gasteiger partial charge in [0.15, 0.2) is 0 Å². The first-order chi connectivity index (χ1) is 6.58. The van der Waals surface area contributed by atoms with Gasteiger partial charge in [-0.3, -0.25) is 4.79 Å². The van der Waals surface area contributed by atoms with Crippen molar-refractivity contribution in [3.63, 3.8) is 0 Å². The molecule has 3 N–H and O–H groups in total. The lowest BCUT2D eigenvalue weighted by Gasteiger charge is -1.99. The molecule has 0 aromatic carbocycles. The molecule has 3 nitrogen and oxygen atoms in total. The standard InChI is InChI=1S/C10H14N2OS/c1-5-3-8(5)12-10(13)9-4-7(11)6(2)14-9/h4-5,8H,3,11H2,1-2H3,(H,12,13). The topological polar surface area (TPSA) is 55.1 Å². The van der Waals surface area contributed by atoms with Gasteiger partial charge in [0.2, 0.25) is 0 Å². The number of hydrogen-bond acceptors (Lipinski definition) is 3. The van der Waals surface area contributed by atoms with Crippen molar-refractivity contribution in [2.24, 2.45) is 5.92 Å². The summed E-state index contributed by atoms with van der Waals surface area (Å²) in [6, 6.07) is 2.13. The number of carbonyl (C=O) groups is 1. The Morgan fingerprint density at radius 2 is 2.36 bits per heavy atom. The molecular formula is C10H14N2OS. The summed E-state index contributed by atoms with van der Waals surface area (Å²) in [6.07, 6.45) is 1.10. The van der Waals surface area contributed by atoms with Crippen LogP contribution in [0.3, 0.4) is 0 Å². The van der Waals surface area contributed by atoms with Gasteiger partial charge in [0.25, 0.3) is 5.91 Å². The van der Waals surface area contributed by atoms with Crippen LogP contribution in [-0.4, -0.2) is 11.9 Å². The summed E-state index contributed by atoms with van der Waals surface area (Å²) in [5.74, 6) is 0.654. The average molecular weight is 210 g/mol. The van der Waals surface area contributed by atoms with E-state index in [1.54, 1.807) is 6.07 Å². The van der Waals surface area contributed by atoms with E-state index in [1.807, 2.05) is 6.92 Å². The lowest BCUT2D eigenvalue weighted by molar-refractivity contribution is 0.0953. The van der Waals surface area contributed by atoms with E-state index in [0.717, 1.165) is 16.2 Å². The summed E-state index contributed by atoms with van der Waals surface area (Å²) in [4.78, 5) is 13.4. The lowest BCUT2D eigenvalue weighted by Crippen LogP contribution is -2.25. The second kappa shape index (κ2) is 3.28. The van der Waals surface area contributed by atoms with Crippen LogP contribution in [-0.2, 0) is 0 Å². The first-order valence-electron chi connectivity index (χ1n) is 4.74. The fourth-order valence-corrected chi connectivity index (χ4v) is 2.21. The number of nitrogens with two attached hydrogens (primary N) is 1. The number of anilines is 1. The smallest absolute Gasteiger partial charge is 0.261 e. The maximum absolute atomic E-state index is 11.6. The van der Waals surface area contributed by atoms with E-state index in [4.69, 9.17) is 5.73 Å². The molecule has 1 aliphatic carbocycles. The van der Waals surface area contributed by atoms with E-state index in [0.29, 0.717) is 17.6 Å². The normalized spacial score (nSPS) is 24.7. The van der Waals surface area contributed by atoms with Gasteiger partial charge in [-0.15, -0.1) is 11.3 Å². The fraction of sp³-hybridized carbons (Fsp3) is 0.500. The highest BCUT2D eigenvalue weighted by atomic mass is 32.1. The van der Waals surface area contributed by atoms with Crippen LogP contribution in [0.5, 0.6) is 0 Å². The number of rotatable bonds is 2. The molecule has 14 heavy (non-hydrogen) atoms. The van der Waals surface area contributed by atoms with Crippen LogP contribution in [0.4, 0.5) is 5.69 Å². The maximum Gasteiger partial charge on any atom is 0.261 e. The molecular weight excluding hydrogens is 196 g/mol. The summed E-state index contributed by atoms with van der Waals surface area (Å²) in [5, 5.41) is 2.98. The Bertz CT molecular complexity index is 353. The van der Waals surface area contributed by atoms with E-state index in [1.165, 1.54) is 11.3 Å². The molecule has 2 rings (SSSR count). The van der Waals surface area contributed by atoms with Crippen LogP contribution in [0.2, 0.25) is 0 Å². The molecule has 1 amide bonds. The predicted molar refractivity (Wildman–Crippen MR) is 58.5 cm³/mol. The van der Waals surface area contributed by atoms with E-state index in [-0.39, 0.29) is 5.91 Å². The highest BCUT2D eigenvalue weighted by molar-refractivity contribution is 7.14. The summed E-state index contributed by atoms with van der Waals surface area (Å²) in [6.45, 7) is 4.06.